The number of piperidine rings is 1. The van der Waals surface area contributed by atoms with E-state index in [9.17, 15) is 4.79 Å². The summed E-state index contributed by atoms with van der Waals surface area (Å²) in [5.74, 6) is 0. The number of rotatable bonds is 1. The fourth-order valence-electron chi connectivity index (χ4n) is 4.81. The third kappa shape index (κ3) is 3.07. The van der Waals surface area contributed by atoms with Crippen molar-refractivity contribution in [1.29, 1.82) is 0 Å². The van der Waals surface area contributed by atoms with Crippen LogP contribution in [0.3, 0.4) is 0 Å². The van der Waals surface area contributed by atoms with Crippen molar-refractivity contribution in [2.75, 3.05) is 23.7 Å². The van der Waals surface area contributed by atoms with Gasteiger partial charge in [-0.25, -0.2) is 4.79 Å². The van der Waals surface area contributed by atoms with Gasteiger partial charge in [0.15, 0.2) is 0 Å². The van der Waals surface area contributed by atoms with E-state index in [0.717, 1.165) is 48.4 Å². The van der Waals surface area contributed by atoms with E-state index in [4.69, 9.17) is 0 Å². The van der Waals surface area contributed by atoms with Gasteiger partial charge in [-0.05, 0) is 74.2 Å². The van der Waals surface area contributed by atoms with E-state index in [2.05, 4.69) is 77.7 Å². The topological polar surface area (TPSA) is 49.3 Å². The van der Waals surface area contributed by atoms with E-state index in [1.807, 2.05) is 17.0 Å². The lowest BCUT2D eigenvalue weighted by Crippen LogP contribution is -2.51. The van der Waals surface area contributed by atoms with Crippen LogP contribution in [-0.4, -0.2) is 28.6 Å². The van der Waals surface area contributed by atoms with Gasteiger partial charge in [0, 0.05) is 30.7 Å². The lowest BCUT2D eigenvalue weighted by Gasteiger charge is -2.46. The number of nitrogens with one attached hydrogen (secondary N) is 2. The maximum atomic E-state index is 12.8. The minimum Gasteiger partial charge on any atom is -0.372 e. The Morgan fingerprint density at radius 3 is 2.48 bits per heavy atom. The zero-order valence-electron chi connectivity index (χ0n) is 16.9. The van der Waals surface area contributed by atoms with Gasteiger partial charge in [-0.1, -0.05) is 18.2 Å². The molecule has 2 amide bonds. The third-order valence-corrected chi connectivity index (χ3v) is 6.15. The molecule has 1 spiro atoms. The fraction of sp³-hybridized carbons (Fsp3) is 0.292. The Balaban J connectivity index is 1.34. The molecule has 2 N–H and O–H groups in total. The Labute approximate surface area is 171 Å². The van der Waals surface area contributed by atoms with Gasteiger partial charge in [-0.3, -0.25) is 0 Å². The van der Waals surface area contributed by atoms with Crippen LogP contribution in [0.4, 0.5) is 16.2 Å². The van der Waals surface area contributed by atoms with Gasteiger partial charge in [-0.15, -0.1) is 0 Å². The first-order valence-corrected chi connectivity index (χ1v) is 10.2. The Kier molecular flexibility index (Phi) is 4.12. The van der Waals surface area contributed by atoms with Crippen LogP contribution >= 0.6 is 0 Å². The van der Waals surface area contributed by atoms with Crippen molar-refractivity contribution >= 4 is 17.4 Å². The molecule has 0 saturated carbocycles. The molecule has 1 fully saturated rings. The van der Waals surface area contributed by atoms with Crippen LogP contribution < -0.4 is 10.6 Å². The van der Waals surface area contributed by atoms with Crippen molar-refractivity contribution in [3.63, 3.8) is 0 Å². The standard InChI is InChI=1S/C24H26N4O/c1-17-14-18(2)16-19(15-17)25-23(29)27-12-9-24(10-13-27)22-8-5-11-28(22)21-7-4-3-6-20(21)26-24/h3-8,11,14-16,26H,9-10,12-13H2,1-2H3,(H,25,29). The molecule has 5 nitrogen and oxygen atoms in total. The number of likely N-dealkylation sites (tertiary alicyclic amines) is 1. The Hall–Kier alpha value is -3.21. The highest BCUT2D eigenvalue weighted by Gasteiger charge is 2.42. The number of hydrogen-bond donors (Lipinski definition) is 2. The smallest absolute Gasteiger partial charge is 0.321 e. The lowest BCUT2D eigenvalue weighted by atomic mass is 9.82. The van der Waals surface area contributed by atoms with E-state index in [0.29, 0.717) is 0 Å². The second-order valence-electron chi connectivity index (χ2n) is 8.28. The highest BCUT2D eigenvalue weighted by Crippen LogP contribution is 2.43. The molecule has 1 saturated heterocycles. The molecule has 0 radical (unpaired) electrons. The largest absolute Gasteiger partial charge is 0.372 e. The Morgan fingerprint density at radius 1 is 1.00 bits per heavy atom. The molecule has 5 heteroatoms. The summed E-state index contributed by atoms with van der Waals surface area (Å²) in [6.07, 6.45) is 3.90. The monoisotopic (exact) mass is 386 g/mol. The molecule has 0 aliphatic carbocycles. The SMILES string of the molecule is Cc1cc(C)cc(NC(=O)N2CCC3(CC2)Nc2ccccc2-n2cccc23)c1. The number of carbonyl (C=O) groups excluding carboxylic acids is 1. The third-order valence-electron chi connectivity index (χ3n) is 6.15. The van der Waals surface area contributed by atoms with Crippen molar-refractivity contribution in [1.82, 2.24) is 9.47 Å². The number of urea groups is 1. The number of amides is 2. The van der Waals surface area contributed by atoms with Crippen molar-refractivity contribution in [2.45, 2.75) is 32.2 Å². The zero-order chi connectivity index (χ0) is 20.0. The molecule has 0 atom stereocenters. The molecule has 148 valence electrons. The number of aryl methyl sites for hydroxylation is 2. The quantitative estimate of drug-likeness (QED) is 0.615. The van der Waals surface area contributed by atoms with Gasteiger partial charge in [0.05, 0.1) is 16.9 Å². The van der Waals surface area contributed by atoms with Crippen molar-refractivity contribution in [2.24, 2.45) is 0 Å². The van der Waals surface area contributed by atoms with Crippen molar-refractivity contribution < 1.29 is 4.79 Å². The molecule has 2 aromatic carbocycles. The number of hydrogen-bond acceptors (Lipinski definition) is 2. The lowest BCUT2D eigenvalue weighted by molar-refractivity contribution is 0.174. The van der Waals surface area contributed by atoms with Gasteiger partial charge < -0.3 is 20.1 Å². The van der Waals surface area contributed by atoms with Crippen LogP contribution in [-0.2, 0) is 5.54 Å². The number of fused-ring (bicyclic) bond motifs is 4. The molecule has 29 heavy (non-hydrogen) atoms. The predicted octanol–water partition coefficient (Wildman–Crippen LogP) is 5.04. The average molecular weight is 386 g/mol. The normalized spacial score (nSPS) is 16.7. The number of para-hydroxylation sites is 2. The summed E-state index contributed by atoms with van der Waals surface area (Å²) in [6.45, 7) is 5.54. The summed E-state index contributed by atoms with van der Waals surface area (Å²) < 4.78 is 2.29. The number of carbonyl (C=O) groups is 1. The van der Waals surface area contributed by atoms with E-state index in [-0.39, 0.29) is 11.6 Å². The first-order chi connectivity index (χ1) is 14.0. The molecular formula is C24H26N4O. The first-order valence-electron chi connectivity index (χ1n) is 10.2. The van der Waals surface area contributed by atoms with E-state index in [1.165, 1.54) is 11.4 Å². The van der Waals surface area contributed by atoms with Crippen LogP contribution in [0, 0.1) is 13.8 Å². The van der Waals surface area contributed by atoms with E-state index in [1.54, 1.807) is 0 Å². The van der Waals surface area contributed by atoms with Crippen LogP contribution in [0.15, 0.2) is 60.8 Å². The summed E-state index contributed by atoms with van der Waals surface area (Å²) in [4.78, 5) is 14.8. The Bertz CT molecular complexity index is 1060. The molecule has 0 unspecified atom stereocenters. The average Bonchev–Trinajstić information content (AvgIpc) is 3.19. The summed E-state index contributed by atoms with van der Waals surface area (Å²) >= 11 is 0. The van der Waals surface area contributed by atoms with Gasteiger partial charge in [0.1, 0.15) is 0 Å². The van der Waals surface area contributed by atoms with Gasteiger partial charge in [0.25, 0.3) is 0 Å². The summed E-state index contributed by atoms with van der Waals surface area (Å²) in [5.41, 5.74) is 6.68. The number of benzene rings is 2. The zero-order valence-corrected chi connectivity index (χ0v) is 16.9. The minimum absolute atomic E-state index is 0.0172. The van der Waals surface area contributed by atoms with Crippen LogP contribution in [0.5, 0.6) is 0 Å². The van der Waals surface area contributed by atoms with E-state index >= 15 is 0 Å². The number of anilines is 2. The van der Waals surface area contributed by atoms with Gasteiger partial charge in [-0.2, -0.15) is 0 Å². The number of nitrogens with zero attached hydrogens (tertiary/aromatic N) is 2. The van der Waals surface area contributed by atoms with Gasteiger partial charge in [0.2, 0.25) is 0 Å². The molecule has 2 aliphatic heterocycles. The predicted molar refractivity (Wildman–Crippen MR) is 117 cm³/mol. The number of aromatic nitrogens is 1. The molecule has 0 bridgehead atoms. The maximum absolute atomic E-state index is 12.8. The molecule has 1 aromatic heterocycles. The molecular weight excluding hydrogens is 360 g/mol. The maximum Gasteiger partial charge on any atom is 0.321 e. The second-order valence-corrected chi connectivity index (χ2v) is 8.28. The summed E-state index contributed by atoms with van der Waals surface area (Å²) in [5, 5.41) is 6.88. The highest BCUT2D eigenvalue weighted by molar-refractivity contribution is 5.89. The minimum atomic E-state index is -0.130. The Morgan fingerprint density at radius 2 is 1.72 bits per heavy atom. The van der Waals surface area contributed by atoms with Crippen LogP contribution in [0.1, 0.15) is 29.7 Å². The molecule has 3 aromatic rings. The highest BCUT2D eigenvalue weighted by atomic mass is 16.2. The molecule has 2 aliphatic rings. The summed E-state index contributed by atoms with van der Waals surface area (Å²) in [6, 6.07) is 18.9. The molecule has 5 rings (SSSR count). The first kappa shape index (κ1) is 17.9. The van der Waals surface area contributed by atoms with Crippen LogP contribution in [0.25, 0.3) is 5.69 Å². The van der Waals surface area contributed by atoms with Crippen molar-refractivity contribution in [3.8, 4) is 5.69 Å². The summed E-state index contributed by atoms with van der Waals surface area (Å²) in [7, 11) is 0. The second kappa shape index (κ2) is 6.69. The van der Waals surface area contributed by atoms with Crippen molar-refractivity contribution in [3.05, 3.63) is 77.6 Å². The van der Waals surface area contributed by atoms with E-state index < -0.39 is 0 Å². The fourth-order valence-corrected chi connectivity index (χ4v) is 4.81. The van der Waals surface area contributed by atoms with Crippen LogP contribution in [0.2, 0.25) is 0 Å². The molecule has 3 heterocycles. The van der Waals surface area contributed by atoms with Gasteiger partial charge >= 0.3 is 6.03 Å².